The lowest BCUT2D eigenvalue weighted by molar-refractivity contribution is -0.274. The number of halogens is 3. The predicted octanol–water partition coefficient (Wildman–Crippen LogP) is 4.96. The van der Waals surface area contributed by atoms with Crippen molar-refractivity contribution in [1.29, 1.82) is 0 Å². The molecule has 2 aromatic carbocycles. The van der Waals surface area contributed by atoms with Gasteiger partial charge in [0.15, 0.2) is 0 Å². The topological polar surface area (TPSA) is 57.7 Å². The van der Waals surface area contributed by atoms with Gasteiger partial charge in [0.25, 0.3) is 5.91 Å². The van der Waals surface area contributed by atoms with Crippen LogP contribution in [0.5, 0.6) is 5.75 Å². The Bertz CT molecular complexity index is 1160. The molecule has 0 spiro atoms. The fraction of sp³-hybridized carbons (Fsp3) is 0.280. The van der Waals surface area contributed by atoms with Crippen LogP contribution in [0, 0.1) is 6.92 Å². The van der Waals surface area contributed by atoms with E-state index in [9.17, 15) is 18.0 Å². The van der Waals surface area contributed by atoms with Crippen molar-refractivity contribution in [2.24, 2.45) is 0 Å². The molecule has 0 bridgehead atoms. The first-order valence-corrected chi connectivity index (χ1v) is 10.9. The molecule has 34 heavy (non-hydrogen) atoms. The Morgan fingerprint density at radius 3 is 2.44 bits per heavy atom. The Balaban J connectivity index is 1.45. The molecule has 3 aromatic rings. The number of aromatic nitrogens is 1. The van der Waals surface area contributed by atoms with E-state index in [1.807, 2.05) is 12.1 Å². The highest BCUT2D eigenvalue weighted by Gasteiger charge is 2.31. The Morgan fingerprint density at radius 2 is 1.79 bits per heavy atom. The zero-order valence-corrected chi connectivity index (χ0v) is 18.9. The normalized spacial score (nSPS) is 14.7. The maximum Gasteiger partial charge on any atom is 0.573 e. The second kappa shape index (κ2) is 9.72. The number of carbonyl (C=O) groups excluding carboxylic acids is 1. The molecule has 0 unspecified atom stereocenters. The molecule has 0 aliphatic carbocycles. The standard InChI is InChI=1S/C25H25F3N4O2/c1-17-14-21(34-25(26,27)28)7-8-22(17)18-4-3-5-20(15-18)30-24(33)19-6-9-23(29-16-19)32-12-10-31(2)11-13-32/h3-9,14-16H,10-13H2,1-2H3,(H,30,33). The van der Waals surface area contributed by atoms with E-state index in [2.05, 4.69) is 31.9 Å². The van der Waals surface area contributed by atoms with E-state index in [1.54, 1.807) is 43.5 Å². The number of hydrogen-bond acceptors (Lipinski definition) is 5. The minimum Gasteiger partial charge on any atom is -0.406 e. The van der Waals surface area contributed by atoms with Gasteiger partial charge in [-0.15, -0.1) is 13.2 Å². The van der Waals surface area contributed by atoms with Crippen LogP contribution in [0.1, 0.15) is 15.9 Å². The minimum atomic E-state index is -4.74. The first-order valence-electron chi connectivity index (χ1n) is 10.9. The van der Waals surface area contributed by atoms with Crippen LogP contribution in [0.15, 0.2) is 60.8 Å². The van der Waals surface area contributed by atoms with Crippen LogP contribution in [0.4, 0.5) is 24.7 Å². The van der Waals surface area contributed by atoms with Crippen molar-refractivity contribution in [2.75, 3.05) is 43.4 Å². The Labute approximate surface area is 196 Å². The van der Waals surface area contributed by atoms with Crippen molar-refractivity contribution in [2.45, 2.75) is 13.3 Å². The number of amides is 1. The van der Waals surface area contributed by atoms with Gasteiger partial charge in [0, 0.05) is 38.1 Å². The number of hydrogen-bond donors (Lipinski definition) is 1. The molecule has 0 radical (unpaired) electrons. The number of alkyl halides is 3. The summed E-state index contributed by atoms with van der Waals surface area (Å²) in [6, 6.07) is 14.9. The average Bonchev–Trinajstić information content (AvgIpc) is 2.79. The van der Waals surface area contributed by atoms with Crippen molar-refractivity contribution >= 4 is 17.4 Å². The van der Waals surface area contributed by atoms with E-state index >= 15 is 0 Å². The van der Waals surface area contributed by atoms with E-state index in [4.69, 9.17) is 0 Å². The quantitative estimate of drug-likeness (QED) is 0.571. The fourth-order valence-electron chi connectivity index (χ4n) is 3.87. The number of piperazine rings is 1. The second-order valence-electron chi connectivity index (χ2n) is 8.25. The molecule has 0 saturated carbocycles. The monoisotopic (exact) mass is 470 g/mol. The summed E-state index contributed by atoms with van der Waals surface area (Å²) in [5, 5.41) is 2.86. The molecular formula is C25H25F3N4O2. The Morgan fingerprint density at radius 1 is 1.03 bits per heavy atom. The lowest BCUT2D eigenvalue weighted by Gasteiger charge is -2.33. The van der Waals surface area contributed by atoms with Crippen molar-refractivity contribution in [3.8, 4) is 16.9 Å². The van der Waals surface area contributed by atoms with Crippen LogP contribution in [-0.2, 0) is 0 Å². The summed E-state index contributed by atoms with van der Waals surface area (Å²) in [4.78, 5) is 21.7. The van der Waals surface area contributed by atoms with Gasteiger partial charge < -0.3 is 19.9 Å². The SMILES string of the molecule is Cc1cc(OC(F)(F)F)ccc1-c1cccc(NC(=O)c2ccc(N3CCN(C)CC3)nc2)c1. The highest BCUT2D eigenvalue weighted by Crippen LogP contribution is 2.31. The summed E-state index contributed by atoms with van der Waals surface area (Å²) in [5.74, 6) is 0.283. The summed E-state index contributed by atoms with van der Waals surface area (Å²) in [6.07, 6.45) is -3.17. The summed E-state index contributed by atoms with van der Waals surface area (Å²) >= 11 is 0. The van der Waals surface area contributed by atoms with E-state index in [0.717, 1.165) is 43.1 Å². The molecule has 178 valence electrons. The first kappa shape index (κ1) is 23.6. The van der Waals surface area contributed by atoms with Gasteiger partial charge in [-0.1, -0.05) is 18.2 Å². The summed E-state index contributed by atoms with van der Waals surface area (Å²) in [6.45, 7) is 5.43. The van der Waals surface area contributed by atoms with Crippen LogP contribution in [0.2, 0.25) is 0 Å². The molecule has 9 heteroatoms. The molecule has 1 saturated heterocycles. The first-order chi connectivity index (χ1) is 16.2. The van der Waals surface area contributed by atoms with Gasteiger partial charge in [-0.3, -0.25) is 4.79 Å². The molecule has 1 aliphatic rings. The number of nitrogens with one attached hydrogen (secondary N) is 1. The molecule has 1 fully saturated rings. The molecule has 6 nitrogen and oxygen atoms in total. The van der Waals surface area contributed by atoms with Crippen LogP contribution in [0.3, 0.4) is 0 Å². The highest BCUT2D eigenvalue weighted by molar-refractivity contribution is 6.04. The third kappa shape index (κ3) is 5.85. The minimum absolute atomic E-state index is 0.272. The number of likely N-dealkylation sites (N-methyl/N-ethyl adjacent to an activating group) is 1. The van der Waals surface area contributed by atoms with Crippen molar-refractivity contribution in [3.63, 3.8) is 0 Å². The van der Waals surface area contributed by atoms with E-state index < -0.39 is 6.36 Å². The van der Waals surface area contributed by atoms with Gasteiger partial charge in [0.2, 0.25) is 0 Å². The van der Waals surface area contributed by atoms with Crippen LogP contribution < -0.4 is 15.0 Å². The molecule has 1 aromatic heterocycles. The number of rotatable bonds is 5. The van der Waals surface area contributed by atoms with Gasteiger partial charge >= 0.3 is 6.36 Å². The molecule has 1 aliphatic heterocycles. The Kier molecular flexibility index (Phi) is 6.74. The molecule has 1 amide bonds. The number of aryl methyl sites for hydroxylation is 1. The van der Waals surface area contributed by atoms with Crippen molar-refractivity contribution in [1.82, 2.24) is 9.88 Å². The van der Waals surface area contributed by atoms with E-state index in [0.29, 0.717) is 16.8 Å². The second-order valence-corrected chi connectivity index (χ2v) is 8.25. The number of anilines is 2. The predicted molar refractivity (Wildman–Crippen MR) is 125 cm³/mol. The highest BCUT2D eigenvalue weighted by atomic mass is 19.4. The molecular weight excluding hydrogens is 445 g/mol. The van der Waals surface area contributed by atoms with Gasteiger partial charge in [-0.25, -0.2) is 4.98 Å². The van der Waals surface area contributed by atoms with E-state index in [1.165, 1.54) is 12.1 Å². The van der Waals surface area contributed by atoms with Crippen LogP contribution >= 0.6 is 0 Å². The van der Waals surface area contributed by atoms with Crippen molar-refractivity contribution < 1.29 is 22.7 Å². The maximum absolute atomic E-state index is 12.7. The van der Waals surface area contributed by atoms with Gasteiger partial charge in [-0.05, 0) is 67.1 Å². The third-order valence-electron chi connectivity index (χ3n) is 5.70. The molecule has 1 N–H and O–H groups in total. The smallest absolute Gasteiger partial charge is 0.406 e. The van der Waals surface area contributed by atoms with E-state index in [-0.39, 0.29) is 11.7 Å². The van der Waals surface area contributed by atoms with Gasteiger partial charge in [0.1, 0.15) is 11.6 Å². The Hall–Kier alpha value is -3.59. The van der Waals surface area contributed by atoms with Gasteiger partial charge in [-0.2, -0.15) is 0 Å². The number of carbonyl (C=O) groups is 1. The molecule has 2 heterocycles. The van der Waals surface area contributed by atoms with Crippen LogP contribution in [0.25, 0.3) is 11.1 Å². The average molecular weight is 470 g/mol. The molecule has 4 rings (SSSR count). The lowest BCUT2D eigenvalue weighted by atomic mass is 10.00. The number of nitrogens with zero attached hydrogens (tertiary/aromatic N) is 3. The largest absolute Gasteiger partial charge is 0.573 e. The summed E-state index contributed by atoms with van der Waals surface area (Å²) in [7, 11) is 2.09. The lowest BCUT2D eigenvalue weighted by Crippen LogP contribution is -2.44. The number of pyridine rings is 1. The zero-order chi connectivity index (χ0) is 24.3. The maximum atomic E-state index is 12.7. The fourth-order valence-corrected chi connectivity index (χ4v) is 3.87. The van der Waals surface area contributed by atoms with Crippen LogP contribution in [-0.4, -0.2) is 55.4 Å². The zero-order valence-electron chi connectivity index (χ0n) is 18.9. The number of ether oxygens (including phenoxy) is 1. The van der Waals surface area contributed by atoms with Crippen molar-refractivity contribution in [3.05, 3.63) is 71.9 Å². The summed E-state index contributed by atoms with van der Waals surface area (Å²) < 4.78 is 41.4. The summed E-state index contributed by atoms with van der Waals surface area (Å²) in [5.41, 5.74) is 3.13. The number of benzene rings is 2. The van der Waals surface area contributed by atoms with Gasteiger partial charge in [0.05, 0.1) is 5.56 Å². The third-order valence-corrected chi connectivity index (χ3v) is 5.70. The molecule has 0 atom stereocenters.